The minimum Gasteiger partial charge on any atom is -0.381 e. The van der Waals surface area contributed by atoms with E-state index in [1.807, 2.05) is 0 Å². The van der Waals surface area contributed by atoms with Crippen LogP contribution in [0.2, 0.25) is 0 Å². The van der Waals surface area contributed by atoms with E-state index in [2.05, 4.69) is 72.7 Å². The van der Waals surface area contributed by atoms with Gasteiger partial charge in [-0.2, -0.15) is 0 Å². The van der Waals surface area contributed by atoms with E-state index in [9.17, 15) is 0 Å². The number of rotatable bonds is 11. The predicted octanol–water partition coefficient (Wildman–Crippen LogP) is 3.01. The van der Waals surface area contributed by atoms with E-state index in [4.69, 9.17) is 4.74 Å². The highest BCUT2D eigenvalue weighted by Gasteiger charge is 2.00. The molecule has 0 saturated heterocycles. The first-order valence-electron chi connectivity index (χ1n) is 9.03. The molecule has 0 amide bonds. The first-order valence-corrected chi connectivity index (χ1v) is 9.03. The highest BCUT2D eigenvalue weighted by Crippen LogP contribution is 2.13. The molecule has 0 aliphatic carbocycles. The third-order valence-electron chi connectivity index (χ3n) is 3.59. The van der Waals surface area contributed by atoms with Crippen LogP contribution >= 0.6 is 0 Å². The van der Waals surface area contributed by atoms with Crippen LogP contribution in [0.5, 0.6) is 0 Å². The second kappa shape index (κ2) is 12.6. The molecule has 0 aromatic heterocycles. The molecule has 1 aromatic carbocycles. The Kier molecular flexibility index (Phi) is 10.7. The molecule has 2 N–H and O–H groups in total. The molecule has 0 fully saturated rings. The van der Waals surface area contributed by atoms with Gasteiger partial charge in [-0.3, -0.25) is 0 Å². The monoisotopic (exact) mass is 334 g/mol. The molecular formula is C19H34N4O. The van der Waals surface area contributed by atoms with Gasteiger partial charge in [-0.05, 0) is 37.5 Å². The Morgan fingerprint density at radius 3 is 2.62 bits per heavy atom. The third kappa shape index (κ3) is 8.77. The summed E-state index contributed by atoms with van der Waals surface area (Å²) >= 11 is 0. The van der Waals surface area contributed by atoms with Crippen LogP contribution in [0.3, 0.4) is 0 Å². The highest BCUT2D eigenvalue weighted by molar-refractivity contribution is 5.79. The number of hydrogen-bond acceptors (Lipinski definition) is 3. The van der Waals surface area contributed by atoms with Crippen molar-refractivity contribution in [1.29, 1.82) is 0 Å². The van der Waals surface area contributed by atoms with Crippen molar-refractivity contribution in [2.24, 2.45) is 4.99 Å². The van der Waals surface area contributed by atoms with Gasteiger partial charge >= 0.3 is 0 Å². The second-order valence-corrected chi connectivity index (χ2v) is 6.01. The molecule has 0 aliphatic heterocycles. The number of aliphatic imine (C=N–C) groups is 1. The van der Waals surface area contributed by atoms with E-state index in [0.29, 0.717) is 6.54 Å². The molecule has 5 nitrogen and oxygen atoms in total. The van der Waals surface area contributed by atoms with Crippen LogP contribution in [0.15, 0.2) is 29.3 Å². The maximum Gasteiger partial charge on any atom is 0.191 e. The molecular weight excluding hydrogens is 300 g/mol. The Labute approximate surface area is 147 Å². The van der Waals surface area contributed by atoms with Gasteiger partial charge in [0.05, 0.1) is 6.54 Å². The molecule has 1 aromatic rings. The Morgan fingerprint density at radius 2 is 1.92 bits per heavy atom. The summed E-state index contributed by atoms with van der Waals surface area (Å²) < 4.78 is 5.58. The fourth-order valence-electron chi connectivity index (χ4n) is 2.17. The van der Waals surface area contributed by atoms with E-state index < -0.39 is 0 Å². The first kappa shape index (κ1) is 20.3. The molecule has 0 saturated carbocycles. The molecule has 136 valence electrons. The normalized spacial score (nSPS) is 11.4. The van der Waals surface area contributed by atoms with Crippen LogP contribution < -0.4 is 15.5 Å². The lowest BCUT2D eigenvalue weighted by molar-refractivity contribution is 0.129. The minimum absolute atomic E-state index is 0.671. The Balaban J connectivity index is 2.40. The van der Waals surface area contributed by atoms with Gasteiger partial charge in [0.2, 0.25) is 0 Å². The Hall–Kier alpha value is -1.75. The van der Waals surface area contributed by atoms with Gasteiger partial charge in [0.1, 0.15) is 0 Å². The Morgan fingerprint density at radius 1 is 1.12 bits per heavy atom. The zero-order valence-corrected chi connectivity index (χ0v) is 15.8. The summed E-state index contributed by atoms with van der Waals surface area (Å²) in [5.41, 5.74) is 2.41. The largest absolute Gasteiger partial charge is 0.381 e. The van der Waals surface area contributed by atoms with E-state index in [-0.39, 0.29) is 0 Å². The fourth-order valence-corrected chi connectivity index (χ4v) is 2.17. The molecule has 0 spiro atoms. The van der Waals surface area contributed by atoms with Gasteiger partial charge in [0.15, 0.2) is 5.96 Å². The van der Waals surface area contributed by atoms with Crippen molar-refractivity contribution in [1.82, 2.24) is 10.6 Å². The van der Waals surface area contributed by atoms with Gasteiger partial charge in [-0.25, -0.2) is 4.99 Å². The molecule has 0 aliphatic rings. The number of ether oxygens (including phenoxy) is 1. The van der Waals surface area contributed by atoms with Crippen molar-refractivity contribution in [3.05, 3.63) is 29.8 Å². The molecule has 0 atom stereocenters. The molecule has 0 unspecified atom stereocenters. The number of anilines is 1. The maximum atomic E-state index is 5.58. The summed E-state index contributed by atoms with van der Waals surface area (Å²) in [7, 11) is 4.10. The van der Waals surface area contributed by atoms with Gasteiger partial charge < -0.3 is 20.3 Å². The number of nitrogens with one attached hydrogen (secondary N) is 2. The molecule has 0 heterocycles. The van der Waals surface area contributed by atoms with Gasteiger partial charge in [-0.1, -0.05) is 25.5 Å². The average Bonchev–Trinajstić information content (AvgIpc) is 2.59. The molecule has 5 heteroatoms. The van der Waals surface area contributed by atoms with Gasteiger partial charge in [-0.15, -0.1) is 0 Å². The van der Waals surface area contributed by atoms with Crippen LogP contribution in [0.25, 0.3) is 0 Å². The van der Waals surface area contributed by atoms with Crippen molar-refractivity contribution in [2.45, 2.75) is 39.7 Å². The second-order valence-electron chi connectivity index (χ2n) is 6.01. The topological polar surface area (TPSA) is 48.9 Å². The lowest BCUT2D eigenvalue weighted by Gasteiger charge is -2.14. The van der Waals surface area contributed by atoms with Crippen molar-refractivity contribution >= 4 is 11.6 Å². The summed E-state index contributed by atoms with van der Waals surface area (Å²) in [6, 6.07) is 8.47. The van der Waals surface area contributed by atoms with Crippen LogP contribution in [0.1, 0.15) is 38.7 Å². The first-order chi connectivity index (χ1) is 11.7. The smallest absolute Gasteiger partial charge is 0.191 e. The molecule has 1 rings (SSSR count). The van der Waals surface area contributed by atoms with Gasteiger partial charge in [0.25, 0.3) is 0 Å². The number of guanidine groups is 1. The molecule has 0 radical (unpaired) electrons. The van der Waals surface area contributed by atoms with Gasteiger partial charge in [0, 0.05) is 46.1 Å². The zero-order chi connectivity index (χ0) is 17.6. The number of nitrogens with zero attached hydrogens (tertiary/aromatic N) is 2. The van der Waals surface area contributed by atoms with Crippen LogP contribution in [0, 0.1) is 0 Å². The number of unbranched alkanes of at least 4 members (excludes halogenated alkanes) is 1. The fraction of sp³-hybridized carbons (Fsp3) is 0.632. The highest BCUT2D eigenvalue weighted by atomic mass is 16.5. The van der Waals surface area contributed by atoms with Crippen molar-refractivity contribution in [2.75, 3.05) is 45.3 Å². The van der Waals surface area contributed by atoms with E-state index >= 15 is 0 Å². The average molecular weight is 335 g/mol. The van der Waals surface area contributed by atoms with E-state index in [1.165, 1.54) is 17.7 Å². The summed E-state index contributed by atoms with van der Waals surface area (Å²) in [4.78, 5) is 6.77. The van der Waals surface area contributed by atoms with Crippen molar-refractivity contribution in [3.8, 4) is 0 Å². The Bertz CT molecular complexity index is 474. The lowest BCUT2D eigenvalue weighted by atomic mass is 10.2. The van der Waals surface area contributed by atoms with Crippen LogP contribution in [-0.4, -0.2) is 46.4 Å². The van der Waals surface area contributed by atoms with E-state index in [0.717, 1.165) is 45.1 Å². The predicted molar refractivity (Wildman–Crippen MR) is 104 cm³/mol. The summed E-state index contributed by atoms with van der Waals surface area (Å²) in [5.74, 6) is 0.862. The summed E-state index contributed by atoms with van der Waals surface area (Å²) in [5, 5.41) is 6.66. The minimum atomic E-state index is 0.671. The summed E-state index contributed by atoms with van der Waals surface area (Å²) in [6.45, 7) is 8.33. The van der Waals surface area contributed by atoms with Crippen molar-refractivity contribution in [3.63, 3.8) is 0 Å². The SMILES string of the molecule is CCCCOCCCNC(=NCc1cccc(N(C)C)c1)NCC. The zero-order valence-electron chi connectivity index (χ0n) is 15.8. The lowest BCUT2D eigenvalue weighted by Crippen LogP contribution is -2.38. The standard InChI is InChI=1S/C19H34N4O/c1-5-7-13-24-14-9-12-21-19(20-6-2)22-16-17-10-8-11-18(15-17)23(3)4/h8,10-11,15H,5-7,9,12-14,16H2,1-4H3,(H2,20,21,22). The van der Waals surface area contributed by atoms with Crippen molar-refractivity contribution < 1.29 is 4.74 Å². The molecule has 0 bridgehead atoms. The number of benzene rings is 1. The number of hydrogen-bond donors (Lipinski definition) is 2. The third-order valence-corrected chi connectivity index (χ3v) is 3.59. The summed E-state index contributed by atoms with van der Waals surface area (Å²) in [6.07, 6.45) is 3.32. The van der Waals surface area contributed by atoms with Crippen LogP contribution in [-0.2, 0) is 11.3 Å². The van der Waals surface area contributed by atoms with E-state index in [1.54, 1.807) is 0 Å². The quantitative estimate of drug-likeness (QED) is 0.371. The maximum absolute atomic E-state index is 5.58. The molecule has 24 heavy (non-hydrogen) atoms. The van der Waals surface area contributed by atoms with Crippen LogP contribution in [0.4, 0.5) is 5.69 Å².